The summed E-state index contributed by atoms with van der Waals surface area (Å²) < 4.78 is 5.35. The number of amides is 3. The predicted molar refractivity (Wildman–Crippen MR) is 193 cm³/mol. The monoisotopic (exact) mass is 678 g/mol. The van der Waals surface area contributed by atoms with Crippen molar-refractivity contribution in [2.75, 3.05) is 18.5 Å². The molecule has 0 bridgehead atoms. The molecular formula is C39H46N6O5. The number of carbonyl (C=O) groups is 4. The van der Waals surface area contributed by atoms with Crippen molar-refractivity contribution in [1.29, 1.82) is 0 Å². The lowest BCUT2D eigenvalue weighted by atomic mass is 9.77. The predicted octanol–water partition coefficient (Wildman–Crippen LogP) is 7.02. The van der Waals surface area contributed by atoms with E-state index in [9.17, 15) is 19.2 Å². The van der Waals surface area contributed by atoms with Crippen molar-refractivity contribution in [3.05, 3.63) is 89.0 Å². The van der Waals surface area contributed by atoms with Crippen LogP contribution in [-0.2, 0) is 20.7 Å². The lowest BCUT2D eigenvalue weighted by Gasteiger charge is -2.29. The van der Waals surface area contributed by atoms with Crippen LogP contribution in [0.1, 0.15) is 79.9 Å². The number of hydrogen-bond donors (Lipinski definition) is 3. The fraction of sp³-hybridized carbons (Fsp3) is 0.410. The van der Waals surface area contributed by atoms with Gasteiger partial charge in [-0.05, 0) is 124 Å². The van der Waals surface area contributed by atoms with Gasteiger partial charge in [0.2, 0.25) is 11.8 Å². The van der Waals surface area contributed by atoms with Crippen LogP contribution in [0.2, 0.25) is 0 Å². The fourth-order valence-corrected chi connectivity index (χ4v) is 6.47. The number of Topliss-reactive ketones (excluding diaryl/α,β-unsaturated/α-hetero) is 1. The van der Waals surface area contributed by atoms with Gasteiger partial charge in [0, 0.05) is 41.6 Å². The number of aryl methyl sites for hydroxylation is 1. The third-order valence-corrected chi connectivity index (χ3v) is 9.17. The van der Waals surface area contributed by atoms with Gasteiger partial charge >= 0.3 is 6.09 Å². The molecule has 4 N–H and O–H groups in total. The second-order valence-corrected chi connectivity index (χ2v) is 14.2. The first kappa shape index (κ1) is 36.1. The van der Waals surface area contributed by atoms with E-state index in [0.717, 1.165) is 53.5 Å². The van der Waals surface area contributed by atoms with Crippen molar-refractivity contribution in [3.63, 3.8) is 0 Å². The number of nitrogens with two attached hydrogens (primary N) is 1. The van der Waals surface area contributed by atoms with Crippen LogP contribution in [0.15, 0.2) is 82.0 Å². The lowest BCUT2D eigenvalue weighted by Crippen LogP contribution is -2.37. The molecule has 1 atom stereocenters. The number of primary amides is 1. The Morgan fingerprint density at radius 3 is 2.20 bits per heavy atom. The molecule has 3 aromatic rings. The van der Waals surface area contributed by atoms with Gasteiger partial charge in [0.15, 0.2) is 12.5 Å². The van der Waals surface area contributed by atoms with Gasteiger partial charge in [-0.25, -0.2) is 9.79 Å². The summed E-state index contributed by atoms with van der Waals surface area (Å²) in [6.07, 6.45) is 3.17. The van der Waals surface area contributed by atoms with Crippen LogP contribution in [-0.4, -0.2) is 48.3 Å². The Labute approximate surface area is 293 Å². The molecule has 11 nitrogen and oxygen atoms in total. The number of amidine groups is 1. The van der Waals surface area contributed by atoms with Crippen molar-refractivity contribution in [1.82, 2.24) is 5.32 Å². The lowest BCUT2D eigenvalue weighted by molar-refractivity contribution is -0.129. The molecule has 11 heteroatoms. The summed E-state index contributed by atoms with van der Waals surface area (Å²) in [6, 6.07) is 20.6. The molecule has 0 spiro atoms. The summed E-state index contributed by atoms with van der Waals surface area (Å²) in [5.74, 6) is -0.473. The number of aliphatic imine (C=N–C) groups is 1. The molecule has 0 radical (unpaired) electrons. The van der Waals surface area contributed by atoms with Gasteiger partial charge in [0.1, 0.15) is 11.4 Å². The number of ketones is 1. The second-order valence-electron chi connectivity index (χ2n) is 14.2. The van der Waals surface area contributed by atoms with Crippen LogP contribution < -0.4 is 16.4 Å². The third-order valence-electron chi connectivity index (χ3n) is 9.17. The normalized spacial score (nSPS) is 17.8. The average Bonchev–Trinajstić information content (AvgIpc) is 3.62. The Hall–Kier alpha value is -5.19. The molecule has 1 fully saturated rings. The molecule has 50 heavy (non-hydrogen) atoms. The van der Waals surface area contributed by atoms with E-state index in [1.165, 1.54) is 0 Å². The van der Waals surface area contributed by atoms with Crippen LogP contribution in [0.5, 0.6) is 0 Å². The summed E-state index contributed by atoms with van der Waals surface area (Å²) in [6.45, 7) is 8.26. The van der Waals surface area contributed by atoms with E-state index in [-0.39, 0.29) is 29.9 Å². The molecule has 0 aromatic heterocycles. The number of azo groups is 1. The number of anilines is 1. The van der Waals surface area contributed by atoms with E-state index in [2.05, 4.69) is 25.9 Å². The molecule has 2 aliphatic rings. The number of nitrogens with one attached hydrogen (secondary N) is 2. The average molecular weight is 679 g/mol. The molecule has 3 aromatic carbocycles. The van der Waals surface area contributed by atoms with Crippen LogP contribution in [0.3, 0.4) is 0 Å². The third kappa shape index (κ3) is 9.93. The van der Waals surface area contributed by atoms with Crippen molar-refractivity contribution >= 4 is 35.2 Å². The molecular weight excluding hydrogens is 632 g/mol. The Morgan fingerprint density at radius 1 is 0.920 bits per heavy atom. The zero-order valence-corrected chi connectivity index (χ0v) is 29.2. The van der Waals surface area contributed by atoms with E-state index in [4.69, 9.17) is 10.5 Å². The first-order valence-electron chi connectivity index (χ1n) is 17.2. The molecule has 0 saturated heterocycles. The van der Waals surface area contributed by atoms with E-state index < -0.39 is 23.5 Å². The topological polar surface area (TPSA) is 165 Å². The van der Waals surface area contributed by atoms with E-state index in [1.54, 1.807) is 24.3 Å². The highest BCUT2D eigenvalue weighted by Crippen LogP contribution is 2.32. The highest BCUT2D eigenvalue weighted by molar-refractivity contribution is 6.01. The number of alkyl carbamates (subject to hydrolysis) is 1. The molecule has 1 aliphatic heterocycles. The highest BCUT2D eigenvalue weighted by atomic mass is 16.6. The van der Waals surface area contributed by atoms with Gasteiger partial charge < -0.3 is 21.1 Å². The highest BCUT2D eigenvalue weighted by Gasteiger charge is 2.31. The number of nitrogens with zero attached hydrogens (tertiary/aromatic N) is 3. The minimum Gasteiger partial charge on any atom is -0.444 e. The van der Waals surface area contributed by atoms with Gasteiger partial charge in [-0.15, -0.1) is 5.11 Å². The van der Waals surface area contributed by atoms with Gasteiger partial charge in [0.25, 0.3) is 0 Å². The Balaban J connectivity index is 1.25. The van der Waals surface area contributed by atoms with Crippen LogP contribution in [0.25, 0.3) is 11.1 Å². The molecule has 3 amide bonds. The van der Waals surface area contributed by atoms with Gasteiger partial charge in [-0.1, -0.05) is 30.3 Å². The molecule has 1 aliphatic carbocycles. The summed E-state index contributed by atoms with van der Waals surface area (Å²) in [4.78, 5) is 55.4. The molecule has 5 rings (SSSR count). The Bertz CT molecular complexity index is 1770. The maximum atomic E-state index is 13.8. The summed E-state index contributed by atoms with van der Waals surface area (Å²) in [5.41, 5.74) is 10.6. The Kier molecular flexibility index (Phi) is 11.6. The van der Waals surface area contributed by atoms with Gasteiger partial charge in [-0.2, -0.15) is 5.11 Å². The minimum atomic E-state index is -0.579. The summed E-state index contributed by atoms with van der Waals surface area (Å²) in [5, 5.41) is 13.8. The summed E-state index contributed by atoms with van der Waals surface area (Å²) in [7, 11) is 0. The largest absolute Gasteiger partial charge is 0.444 e. The first-order valence-corrected chi connectivity index (χ1v) is 17.2. The fourth-order valence-electron chi connectivity index (χ4n) is 6.47. The van der Waals surface area contributed by atoms with Gasteiger partial charge in [0.05, 0.1) is 0 Å². The number of ether oxygens (including phenoxy) is 1. The maximum Gasteiger partial charge on any atom is 0.407 e. The zero-order valence-electron chi connectivity index (χ0n) is 29.2. The smallest absolute Gasteiger partial charge is 0.407 e. The second kappa shape index (κ2) is 16.0. The van der Waals surface area contributed by atoms with Crippen molar-refractivity contribution in [2.24, 2.45) is 38.7 Å². The maximum absolute atomic E-state index is 13.8. The van der Waals surface area contributed by atoms with Crippen molar-refractivity contribution in [3.8, 4) is 11.1 Å². The van der Waals surface area contributed by atoms with Crippen LogP contribution in [0.4, 0.5) is 10.5 Å². The number of hydrogen-bond acceptors (Lipinski definition) is 8. The Morgan fingerprint density at radius 2 is 1.60 bits per heavy atom. The number of carbonyl (C=O) groups excluding carboxylic acids is 4. The van der Waals surface area contributed by atoms with E-state index in [1.807, 2.05) is 70.2 Å². The van der Waals surface area contributed by atoms with Crippen molar-refractivity contribution < 1.29 is 23.9 Å². The summed E-state index contributed by atoms with van der Waals surface area (Å²) >= 11 is 0. The van der Waals surface area contributed by atoms with Crippen molar-refractivity contribution in [2.45, 2.75) is 71.8 Å². The van der Waals surface area contributed by atoms with E-state index >= 15 is 0 Å². The number of rotatable bonds is 12. The minimum absolute atomic E-state index is 0.0884. The number of benzene rings is 3. The van der Waals surface area contributed by atoms with Gasteiger partial charge in [-0.3, -0.25) is 14.4 Å². The molecule has 1 heterocycles. The molecule has 262 valence electrons. The quantitative estimate of drug-likeness (QED) is 0.187. The van der Waals surface area contributed by atoms with Crippen LogP contribution >= 0.6 is 0 Å². The molecule has 0 unspecified atom stereocenters. The standard InChI is InChI=1S/C39H46N6O5/c1-24-19-30(35(40)47)15-18-33(24)27-9-5-25(6-10-27)20-31(37(48)44-32-16-13-29(14-17-32)36-42-23-43-45-36)21-34(46)28-11-7-26(8-12-28)22-41-38(49)50-39(2,3)4/h5-6,9-10,13-19,26,28,31H,7-8,11-12,20-23H2,1-4H3,(H2,40,47)(H,41,49)(H,44,48)/t26?,28?,31-/m1/s1. The SMILES string of the molecule is Cc1cc(C(N)=O)ccc1-c1ccc(C[C@H](CC(=O)C2CCC(CNC(=O)OC(C)(C)C)CC2)C(=O)Nc2ccc(C3=NCN=N3)cc2)cc1. The van der Waals surface area contributed by atoms with E-state index in [0.29, 0.717) is 36.7 Å². The first-order chi connectivity index (χ1) is 23.8. The van der Waals surface area contributed by atoms with Crippen LogP contribution in [0, 0.1) is 24.7 Å². The zero-order chi connectivity index (χ0) is 35.8. The molecule has 1 saturated carbocycles.